The van der Waals surface area contributed by atoms with E-state index in [2.05, 4.69) is 16.0 Å². The van der Waals surface area contributed by atoms with Crippen LogP contribution in [0.1, 0.15) is 27.7 Å². The Kier molecular flexibility index (Phi) is 6.96. The van der Waals surface area contributed by atoms with Crippen molar-refractivity contribution in [2.24, 2.45) is 0 Å². The second kappa shape index (κ2) is 7.65. The van der Waals surface area contributed by atoms with Gasteiger partial charge >= 0.3 is 5.97 Å². The summed E-state index contributed by atoms with van der Waals surface area (Å²) >= 11 is 0. The molecule has 7 nitrogen and oxygen atoms in total. The highest BCUT2D eigenvalue weighted by Gasteiger charge is 2.21. The van der Waals surface area contributed by atoms with Gasteiger partial charge in [0.05, 0.1) is 6.04 Å². The number of amides is 2. The van der Waals surface area contributed by atoms with E-state index in [-0.39, 0.29) is 18.5 Å². The predicted molar refractivity (Wildman–Crippen MR) is 66.0 cm³/mol. The van der Waals surface area contributed by atoms with E-state index in [1.807, 2.05) is 13.8 Å². The minimum atomic E-state index is -1.14. The molecule has 4 N–H and O–H groups in total. The Morgan fingerprint density at radius 2 is 1.67 bits per heavy atom. The number of carboxylic acids is 1. The lowest BCUT2D eigenvalue weighted by molar-refractivity contribution is -0.141. The Labute approximate surface area is 106 Å². The Balaban J connectivity index is 4.22. The lowest BCUT2D eigenvalue weighted by atomic mass is 10.2. The van der Waals surface area contributed by atoms with E-state index in [4.69, 9.17) is 5.11 Å². The maximum absolute atomic E-state index is 11.5. The Bertz CT molecular complexity index is 317. The van der Waals surface area contributed by atoms with Crippen LogP contribution in [0.3, 0.4) is 0 Å². The van der Waals surface area contributed by atoms with Crippen LogP contribution < -0.4 is 16.0 Å². The summed E-state index contributed by atoms with van der Waals surface area (Å²) in [4.78, 5) is 33.2. The quantitative estimate of drug-likeness (QED) is 0.473. The van der Waals surface area contributed by atoms with Crippen molar-refractivity contribution in [3.05, 3.63) is 0 Å². The molecule has 2 amide bonds. The zero-order valence-corrected chi connectivity index (χ0v) is 11.1. The van der Waals surface area contributed by atoms with Crippen molar-refractivity contribution in [1.82, 2.24) is 16.0 Å². The molecule has 0 fully saturated rings. The Morgan fingerprint density at radius 3 is 2.06 bits per heavy atom. The van der Waals surface area contributed by atoms with Crippen molar-refractivity contribution in [3.63, 3.8) is 0 Å². The molecule has 0 aliphatic carbocycles. The van der Waals surface area contributed by atoms with Crippen molar-refractivity contribution in [2.75, 3.05) is 6.54 Å². The largest absolute Gasteiger partial charge is 0.480 e. The van der Waals surface area contributed by atoms with Crippen molar-refractivity contribution in [3.8, 4) is 0 Å². The number of nitrogens with one attached hydrogen (secondary N) is 3. The summed E-state index contributed by atoms with van der Waals surface area (Å²) in [5, 5.41) is 16.6. The summed E-state index contributed by atoms with van der Waals surface area (Å²) in [7, 11) is 0. The smallest absolute Gasteiger partial charge is 0.327 e. The molecular weight excluding hydrogens is 238 g/mol. The summed E-state index contributed by atoms with van der Waals surface area (Å²) in [5.41, 5.74) is 0. The van der Waals surface area contributed by atoms with Gasteiger partial charge in [-0.05, 0) is 20.8 Å². The number of carboxylic acid groups (broad SMARTS) is 1. The van der Waals surface area contributed by atoms with Crippen LogP contribution >= 0.6 is 0 Å². The van der Waals surface area contributed by atoms with Gasteiger partial charge in [0.1, 0.15) is 6.04 Å². The van der Waals surface area contributed by atoms with Gasteiger partial charge in [-0.1, -0.05) is 0 Å². The van der Waals surface area contributed by atoms with Crippen molar-refractivity contribution in [1.29, 1.82) is 0 Å². The molecule has 104 valence electrons. The molecule has 0 aliphatic rings. The topological polar surface area (TPSA) is 108 Å². The number of rotatable bonds is 7. The highest BCUT2D eigenvalue weighted by atomic mass is 16.4. The van der Waals surface area contributed by atoms with Gasteiger partial charge in [-0.15, -0.1) is 0 Å². The molecule has 2 unspecified atom stereocenters. The highest BCUT2D eigenvalue weighted by Crippen LogP contribution is 1.88. The lowest BCUT2D eigenvalue weighted by Gasteiger charge is -2.19. The van der Waals surface area contributed by atoms with E-state index >= 15 is 0 Å². The molecular formula is C11H21N3O4. The molecule has 0 radical (unpaired) electrons. The minimum Gasteiger partial charge on any atom is -0.480 e. The zero-order chi connectivity index (χ0) is 14.3. The maximum atomic E-state index is 11.5. The van der Waals surface area contributed by atoms with Crippen LogP contribution in [0.5, 0.6) is 0 Å². The molecule has 7 heteroatoms. The number of hydrogen-bond acceptors (Lipinski definition) is 4. The Morgan fingerprint density at radius 1 is 1.11 bits per heavy atom. The number of carbonyl (C=O) groups excluding carboxylic acids is 2. The summed E-state index contributed by atoms with van der Waals surface area (Å²) < 4.78 is 0. The van der Waals surface area contributed by atoms with Gasteiger partial charge in [-0.2, -0.15) is 0 Å². The first-order chi connectivity index (χ1) is 8.23. The molecule has 0 spiro atoms. The molecule has 0 aliphatic heterocycles. The van der Waals surface area contributed by atoms with E-state index in [0.29, 0.717) is 0 Å². The van der Waals surface area contributed by atoms with E-state index in [9.17, 15) is 14.4 Å². The fraction of sp³-hybridized carbons (Fsp3) is 0.727. The highest BCUT2D eigenvalue weighted by molar-refractivity contribution is 5.83. The number of hydrogen-bond donors (Lipinski definition) is 4. The van der Waals surface area contributed by atoms with Crippen LogP contribution in [0, 0.1) is 0 Å². The fourth-order valence-electron chi connectivity index (χ4n) is 1.24. The van der Waals surface area contributed by atoms with Gasteiger partial charge < -0.3 is 21.1 Å². The van der Waals surface area contributed by atoms with Crippen LogP contribution in [0.15, 0.2) is 0 Å². The fourth-order valence-corrected chi connectivity index (χ4v) is 1.24. The third-order valence-corrected chi connectivity index (χ3v) is 2.13. The molecule has 18 heavy (non-hydrogen) atoms. The third kappa shape index (κ3) is 6.85. The standard InChI is InChI=1S/C11H21N3O4/c1-6(2)13-10(16)7(3)12-5-9(11(17)18)14-8(4)15/h6-7,9,12H,5H2,1-4H3,(H,13,16)(H,14,15)(H,17,18). The van der Waals surface area contributed by atoms with Gasteiger partial charge in [0.2, 0.25) is 11.8 Å². The molecule has 2 atom stereocenters. The van der Waals surface area contributed by atoms with Crippen molar-refractivity contribution in [2.45, 2.75) is 45.8 Å². The van der Waals surface area contributed by atoms with Gasteiger partial charge in [-0.25, -0.2) is 4.79 Å². The van der Waals surface area contributed by atoms with E-state index in [1.54, 1.807) is 6.92 Å². The first kappa shape index (κ1) is 16.4. The van der Waals surface area contributed by atoms with Crippen LogP contribution in [0.2, 0.25) is 0 Å². The second-order valence-electron chi connectivity index (χ2n) is 4.38. The van der Waals surface area contributed by atoms with Gasteiger partial charge in [-0.3, -0.25) is 9.59 Å². The molecule has 0 saturated heterocycles. The van der Waals surface area contributed by atoms with Crippen LogP contribution in [0.25, 0.3) is 0 Å². The van der Waals surface area contributed by atoms with Gasteiger partial charge in [0.15, 0.2) is 0 Å². The molecule has 0 heterocycles. The summed E-state index contributed by atoms with van der Waals surface area (Å²) in [6.07, 6.45) is 0. The van der Waals surface area contributed by atoms with Crippen molar-refractivity contribution < 1.29 is 19.5 Å². The van der Waals surface area contributed by atoms with E-state index in [0.717, 1.165) is 0 Å². The lowest BCUT2D eigenvalue weighted by Crippen LogP contribution is -2.52. The molecule has 0 rings (SSSR count). The molecule has 0 aromatic carbocycles. The maximum Gasteiger partial charge on any atom is 0.327 e. The predicted octanol–water partition coefficient (Wildman–Crippen LogP) is -0.922. The van der Waals surface area contributed by atoms with E-state index < -0.39 is 24.0 Å². The van der Waals surface area contributed by atoms with Crippen LogP contribution in [-0.2, 0) is 14.4 Å². The average molecular weight is 259 g/mol. The summed E-state index contributed by atoms with van der Waals surface area (Å²) in [6, 6.07) is -1.55. The number of aliphatic carboxylic acids is 1. The molecule has 0 saturated carbocycles. The summed E-state index contributed by atoms with van der Waals surface area (Å²) in [6.45, 7) is 6.53. The van der Waals surface area contributed by atoms with E-state index in [1.165, 1.54) is 6.92 Å². The first-order valence-electron chi connectivity index (χ1n) is 5.77. The molecule has 0 aromatic rings. The SMILES string of the molecule is CC(=O)NC(CNC(C)C(=O)NC(C)C)C(=O)O. The molecule has 0 bridgehead atoms. The van der Waals surface area contributed by atoms with Crippen LogP contribution in [0.4, 0.5) is 0 Å². The molecule has 0 aromatic heterocycles. The Hall–Kier alpha value is -1.63. The minimum absolute atomic E-state index is 0.0123. The average Bonchev–Trinajstić information content (AvgIpc) is 2.21. The zero-order valence-electron chi connectivity index (χ0n) is 11.1. The summed E-state index contributed by atoms with van der Waals surface area (Å²) in [5.74, 6) is -1.78. The second-order valence-corrected chi connectivity index (χ2v) is 4.38. The van der Waals surface area contributed by atoms with Crippen LogP contribution in [-0.4, -0.2) is 47.6 Å². The third-order valence-electron chi connectivity index (χ3n) is 2.13. The van der Waals surface area contributed by atoms with Gasteiger partial charge in [0.25, 0.3) is 0 Å². The monoisotopic (exact) mass is 259 g/mol. The first-order valence-corrected chi connectivity index (χ1v) is 5.77. The van der Waals surface area contributed by atoms with Crippen molar-refractivity contribution >= 4 is 17.8 Å². The van der Waals surface area contributed by atoms with Gasteiger partial charge in [0, 0.05) is 19.5 Å². The normalized spacial score (nSPS) is 13.8. The number of carbonyl (C=O) groups is 3.